The molecule has 0 radical (unpaired) electrons. The van der Waals surface area contributed by atoms with Crippen molar-refractivity contribution in [2.24, 2.45) is 0 Å². The Morgan fingerprint density at radius 3 is 2.52 bits per heavy atom. The fraction of sp³-hybridized carbons (Fsp3) is 0.111. The van der Waals surface area contributed by atoms with Crippen LogP contribution in [0, 0.1) is 0 Å². The minimum absolute atomic E-state index is 0.183. The maximum Gasteiger partial charge on any atom is 0.411 e. The summed E-state index contributed by atoms with van der Waals surface area (Å²) in [5, 5.41) is 19.8. The van der Waals surface area contributed by atoms with Crippen molar-refractivity contribution in [2.45, 2.75) is 12.5 Å². The molecule has 0 aliphatic rings. The summed E-state index contributed by atoms with van der Waals surface area (Å²) in [6, 6.07) is 17.9. The van der Waals surface area contributed by atoms with Gasteiger partial charge in [0.15, 0.2) is 0 Å². The monoisotopic (exact) mass is 579 g/mol. The SMILES string of the molecule is COC(=O)Nc1ccc(NC(=O)C(Cc2ccccc2)NC(=O)C=Cc2cc(Cl)ccc2-n2cnnn2)c(Cl)c1. The minimum atomic E-state index is -0.943. The van der Waals surface area contributed by atoms with E-state index < -0.39 is 23.9 Å². The lowest BCUT2D eigenvalue weighted by Gasteiger charge is -2.19. The number of carbonyl (C=O) groups is 3. The molecule has 0 spiro atoms. The van der Waals surface area contributed by atoms with E-state index in [1.165, 1.54) is 36.3 Å². The van der Waals surface area contributed by atoms with Gasteiger partial charge in [-0.1, -0.05) is 53.5 Å². The van der Waals surface area contributed by atoms with Gasteiger partial charge in [0.05, 0.1) is 23.5 Å². The van der Waals surface area contributed by atoms with Crippen LogP contribution in [0.2, 0.25) is 10.0 Å². The van der Waals surface area contributed by atoms with Crippen molar-refractivity contribution < 1.29 is 19.1 Å². The second-order valence-corrected chi connectivity index (χ2v) is 9.19. The highest BCUT2D eigenvalue weighted by Crippen LogP contribution is 2.26. The molecule has 4 aromatic rings. The standard InChI is InChI=1S/C27H23Cl2N7O4/c1-40-27(39)31-20-9-10-22(21(29)15-20)33-26(38)23(13-17-5-3-2-4-6-17)32-25(37)12-7-18-14-19(28)8-11-24(18)36-16-30-34-35-36/h2-12,14-16,23H,13H2,1H3,(H,31,39)(H,32,37)(H,33,38). The van der Waals surface area contributed by atoms with Crippen LogP contribution < -0.4 is 16.0 Å². The quantitative estimate of drug-likeness (QED) is 0.247. The molecule has 1 heterocycles. The van der Waals surface area contributed by atoms with E-state index in [0.29, 0.717) is 27.6 Å². The van der Waals surface area contributed by atoms with E-state index in [1.54, 1.807) is 30.3 Å². The largest absolute Gasteiger partial charge is 0.453 e. The molecule has 0 aliphatic carbocycles. The number of nitrogens with zero attached hydrogens (tertiary/aromatic N) is 4. The lowest BCUT2D eigenvalue weighted by molar-refractivity contribution is -0.123. The van der Waals surface area contributed by atoms with Crippen molar-refractivity contribution in [3.8, 4) is 5.69 Å². The first-order chi connectivity index (χ1) is 19.3. The van der Waals surface area contributed by atoms with Gasteiger partial charge in [-0.15, -0.1) is 5.10 Å². The minimum Gasteiger partial charge on any atom is -0.453 e. The average molecular weight is 580 g/mol. The third-order valence-electron chi connectivity index (χ3n) is 5.57. The number of ether oxygens (including phenoxy) is 1. The number of methoxy groups -OCH3 is 1. The summed E-state index contributed by atoms with van der Waals surface area (Å²) in [6.45, 7) is 0. The first kappa shape index (κ1) is 28.3. The Hall–Kier alpha value is -4.74. The van der Waals surface area contributed by atoms with Gasteiger partial charge in [0, 0.05) is 28.8 Å². The van der Waals surface area contributed by atoms with Crippen LogP contribution in [0.25, 0.3) is 11.8 Å². The molecule has 0 bridgehead atoms. The number of hydrogen-bond acceptors (Lipinski definition) is 7. The third kappa shape index (κ3) is 7.65. The van der Waals surface area contributed by atoms with E-state index in [1.807, 2.05) is 30.3 Å². The van der Waals surface area contributed by atoms with Crippen LogP contribution in [-0.4, -0.2) is 51.3 Å². The molecule has 1 unspecified atom stereocenters. The zero-order chi connectivity index (χ0) is 28.5. The molecule has 3 N–H and O–H groups in total. The van der Waals surface area contributed by atoms with E-state index in [2.05, 4.69) is 36.2 Å². The second kappa shape index (κ2) is 13.4. The average Bonchev–Trinajstić information content (AvgIpc) is 3.48. The normalized spacial score (nSPS) is 11.6. The molecule has 0 saturated heterocycles. The highest BCUT2D eigenvalue weighted by Gasteiger charge is 2.22. The number of carbonyl (C=O) groups excluding carboxylic acids is 3. The number of amides is 3. The summed E-state index contributed by atoms with van der Waals surface area (Å²) in [6.07, 6.45) is 3.84. The highest BCUT2D eigenvalue weighted by molar-refractivity contribution is 6.34. The van der Waals surface area contributed by atoms with Crippen LogP contribution >= 0.6 is 23.2 Å². The van der Waals surface area contributed by atoms with Gasteiger partial charge in [0.1, 0.15) is 12.4 Å². The molecule has 40 heavy (non-hydrogen) atoms. The molecule has 1 aromatic heterocycles. The number of tetrazole rings is 1. The lowest BCUT2D eigenvalue weighted by atomic mass is 10.0. The maximum absolute atomic E-state index is 13.3. The van der Waals surface area contributed by atoms with Crippen LogP contribution in [-0.2, 0) is 20.7 Å². The summed E-state index contributed by atoms with van der Waals surface area (Å²) >= 11 is 12.5. The molecule has 3 amide bonds. The zero-order valence-electron chi connectivity index (χ0n) is 21.0. The number of anilines is 2. The second-order valence-electron chi connectivity index (χ2n) is 8.34. The Bertz CT molecular complexity index is 1530. The van der Waals surface area contributed by atoms with Crippen LogP contribution in [0.3, 0.4) is 0 Å². The number of hydrogen-bond donors (Lipinski definition) is 3. The predicted octanol–water partition coefficient (Wildman–Crippen LogP) is 4.53. The van der Waals surface area contributed by atoms with Crippen molar-refractivity contribution >= 4 is 58.6 Å². The van der Waals surface area contributed by atoms with Crippen molar-refractivity contribution in [3.63, 3.8) is 0 Å². The molecule has 3 aromatic carbocycles. The van der Waals surface area contributed by atoms with E-state index in [-0.39, 0.29) is 11.4 Å². The fourth-order valence-electron chi connectivity index (χ4n) is 3.67. The summed E-state index contributed by atoms with van der Waals surface area (Å²) in [5.74, 6) is -0.999. The summed E-state index contributed by atoms with van der Waals surface area (Å²) in [4.78, 5) is 37.7. The fourth-order valence-corrected chi connectivity index (χ4v) is 4.07. The van der Waals surface area contributed by atoms with Crippen molar-refractivity contribution in [2.75, 3.05) is 17.7 Å². The highest BCUT2D eigenvalue weighted by atomic mass is 35.5. The Morgan fingerprint density at radius 1 is 1.02 bits per heavy atom. The zero-order valence-corrected chi connectivity index (χ0v) is 22.6. The van der Waals surface area contributed by atoms with Crippen molar-refractivity contribution in [1.29, 1.82) is 0 Å². The first-order valence-electron chi connectivity index (χ1n) is 11.8. The van der Waals surface area contributed by atoms with Gasteiger partial charge in [0.25, 0.3) is 0 Å². The van der Waals surface area contributed by atoms with E-state index >= 15 is 0 Å². The maximum atomic E-state index is 13.3. The number of rotatable bonds is 9. The van der Waals surface area contributed by atoms with Gasteiger partial charge in [-0.25, -0.2) is 4.79 Å². The Kier molecular flexibility index (Phi) is 9.44. The predicted molar refractivity (Wildman–Crippen MR) is 151 cm³/mol. The van der Waals surface area contributed by atoms with Crippen molar-refractivity contribution in [3.05, 3.63) is 100 Å². The van der Waals surface area contributed by atoms with Gasteiger partial charge >= 0.3 is 6.09 Å². The summed E-state index contributed by atoms with van der Waals surface area (Å²) in [7, 11) is 1.24. The molecule has 11 nitrogen and oxygen atoms in total. The Labute approximate surface area is 239 Å². The topological polar surface area (TPSA) is 140 Å². The third-order valence-corrected chi connectivity index (χ3v) is 6.12. The molecular formula is C27H23Cl2N7O4. The van der Waals surface area contributed by atoms with E-state index in [9.17, 15) is 14.4 Å². The van der Waals surface area contributed by atoms with Gasteiger partial charge in [-0.05, 0) is 58.5 Å². The number of benzene rings is 3. The molecule has 4 rings (SSSR count). The number of halogens is 2. The summed E-state index contributed by atoms with van der Waals surface area (Å²) in [5.41, 5.74) is 2.72. The van der Waals surface area contributed by atoms with Crippen LogP contribution in [0.5, 0.6) is 0 Å². The number of aromatic nitrogens is 4. The van der Waals surface area contributed by atoms with Crippen LogP contribution in [0.4, 0.5) is 16.2 Å². The summed E-state index contributed by atoms with van der Waals surface area (Å²) < 4.78 is 6.01. The molecular weight excluding hydrogens is 557 g/mol. The van der Waals surface area contributed by atoms with Gasteiger partial charge < -0.3 is 15.4 Å². The Balaban J connectivity index is 1.52. The van der Waals surface area contributed by atoms with Gasteiger partial charge in [-0.2, -0.15) is 4.68 Å². The molecule has 1 atom stereocenters. The smallest absolute Gasteiger partial charge is 0.411 e. The molecule has 13 heteroatoms. The van der Waals surface area contributed by atoms with Crippen molar-refractivity contribution in [1.82, 2.24) is 25.5 Å². The van der Waals surface area contributed by atoms with E-state index in [0.717, 1.165) is 5.56 Å². The Morgan fingerprint density at radius 2 is 1.82 bits per heavy atom. The van der Waals surface area contributed by atoms with Crippen LogP contribution in [0.15, 0.2) is 79.1 Å². The first-order valence-corrected chi connectivity index (χ1v) is 12.6. The molecule has 0 aliphatic heterocycles. The van der Waals surface area contributed by atoms with Crippen LogP contribution in [0.1, 0.15) is 11.1 Å². The van der Waals surface area contributed by atoms with Gasteiger partial charge in [-0.3, -0.25) is 14.9 Å². The molecule has 204 valence electrons. The van der Waals surface area contributed by atoms with Gasteiger partial charge in [0.2, 0.25) is 11.8 Å². The molecule has 0 saturated carbocycles. The molecule has 0 fully saturated rings. The number of nitrogens with one attached hydrogen (secondary N) is 3. The van der Waals surface area contributed by atoms with E-state index in [4.69, 9.17) is 23.2 Å². The lowest BCUT2D eigenvalue weighted by Crippen LogP contribution is -2.44.